The monoisotopic (exact) mass is 312 g/mol. The number of benzene rings is 1. The first-order chi connectivity index (χ1) is 11.1. The summed E-state index contributed by atoms with van der Waals surface area (Å²) in [6.45, 7) is 2.65. The van der Waals surface area contributed by atoms with E-state index in [-0.39, 0.29) is 17.8 Å². The number of nitrogens with zero attached hydrogens (tertiary/aromatic N) is 2. The number of halogens is 1. The zero-order valence-electron chi connectivity index (χ0n) is 12.8. The van der Waals surface area contributed by atoms with E-state index in [4.69, 9.17) is 0 Å². The Morgan fingerprint density at radius 3 is 3.00 bits per heavy atom. The van der Waals surface area contributed by atoms with Crippen LogP contribution in [0.5, 0.6) is 0 Å². The van der Waals surface area contributed by atoms with E-state index < -0.39 is 0 Å². The number of H-pyrrole nitrogens is 2. The predicted octanol–water partition coefficient (Wildman–Crippen LogP) is 3.32. The van der Waals surface area contributed by atoms with E-state index in [0.717, 1.165) is 29.9 Å². The van der Waals surface area contributed by atoms with E-state index >= 15 is 0 Å². The molecule has 0 saturated carbocycles. The number of hydrogen-bond acceptors (Lipinski definition) is 2. The molecule has 1 aliphatic heterocycles. The first-order valence-corrected chi connectivity index (χ1v) is 7.72. The Hall–Kier alpha value is -2.63. The predicted molar refractivity (Wildman–Crippen MR) is 84.6 cm³/mol. The van der Waals surface area contributed by atoms with Gasteiger partial charge in [0, 0.05) is 29.3 Å². The van der Waals surface area contributed by atoms with Gasteiger partial charge in [-0.25, -0.2) is 9.37 Å². The summed E-state index contributed by atoms with van der Waals surface area (Å²) < 4.78 is 13.3. The van der Waals surface area contributed by atoms with E-state index in [1.54, 1.807) is 18.3 Å². The van der Waals surface area contributed by atoms with Crippen molar-refractivity contribution < 1.29 is 9.18 Å². The number of hydrogen-bond donors (Lipinski definition) is 2. The molecule has 1 amide bonds. The van der Waals surface area contributed by atoms with E-state index in [2.05, 4.69) is 15.0 Å². The van der Waals surface area contributed by atoms with Crippen LogP contribution < -0.4 is 0 Å². The number of imidazole rings is 1. The van der Waals surface area contributed by atoms with Crippen molar-refractivity contribution in [3.8, 4) is 0 Å². The zero-order chi connectivity index (χ0) is 16.0. The third kappa shape index (κ3) is 2.40. The summed E-state index contributed by atoms with van der Waals surface area (Å²) in [5.41, 5.74) is 2.24. The lowest BCUT2D eigenvalue weighted by Gasteiger charge is -2.22. The van der Waals surface area contributed by atoms with Gasteiger partial charge in [0.2, 0.25) is 0 Å². The Balaban J connectivity index is 1.66. The van der Waals surface area contributed by atoms with Crippen LogP contribution in [0.3, 0.4) is 0 Å². The molecule has 1 aliphatic rings. The molecular formula is C17H17FN4O. The number of aryl methyl sites for hydroxylation is 1. The number of aromatic nitrogens is 3. The molecule has 1 atom stereocenters. The molecular weight excluding hydrogens is 295 g/mol. The third-order valence-corrected chi connectivity index (χ3v) is 4.37. The molecule has 118 valence electrons. The zero-order valence-corrected chi connectivity index (χ0v) is 12.8. The number of rotatable bonds is 2. The number of amides is 1. The van der Waals surface area contributed by atoms with Crippen molar-refractivity contribution in [2.45, 2.75) is 25.8 Å². The minimum absolute atomic E-state index is 0.0284. The number of fused-ring (bicyclic) bond motifs is 1. The fraction of sp³-hybridized carbons (Fsp3) is 0.294. The molecule has 1 saturated heterocycles. The molecule has 2 aromatic heterocycles. The van der Waals surface area contributed by atoms with Gasteiger partial charge in [0.1, 0.15) is 17.3 Å². The fourth-order valence-electron chi connectivity index (χ4n) is 3.27. The van der Waals surface area contributed by atoms with Crippen LogP contribution >= 0.6 is 0 Å². The van der Waals surface area contributed by atoms with Crippen molar-refractivity contribution in [1.29, 1.82) is 0 Å². The van der Waals surface area contributed by atoms with Crippen LogP contribution in [0.25, 0.3) is 10.9 Å². The van der Waals surface area contributed by atoms with Crippen molar-refractivity contribution in [2.24, 2.45) is 0 Å². The fourth-order valence-corrected chi connectivity index (χ4v) is 3.27. The number of carbonyl (C=O) groups is 1. The topological polar surface area (TPSA) is 64.8 Å². The van der Waals surface area contributed by atoms with Gasteiger partial charge in [-0.15, -0.1) is 0 Å². The van der Waals surface area contributed by atoms with E-state index in [0.29, 0.717) is 17.6 Å². The Bertz CT molecular complexity index is 882. The molecule has 3 aromatic rings. The molecule has 0 spiro atoms. The maximum Gasteiger partial charge on any atom is 0.270 e. The molecule has 0 radical (unpaired) electrons. The minimum Gasteiger partial charge on any atom is -0.351 e. The van der Waals surface area contributed by atoms with Crippen LogP contribution in [0.15, 0.2) is 30.5 Å². The first-order valence-electron chi connectivity index (χ1n) is 7.72. The summed E-state index contributed by atoms with van der Waals surface area (Å²) in [6.07, 6.45) is 3.63. The first kappa shape index (κ1) is 14.0. The molecule has 1 aromatic carbocycles. The molecule has 1 unspecified atom stereocenters. The van der Waals surface area contributed by atoms with Gasteiger partial charge in [0.05, 0.1) is 6.04 Å². The van der Waals surface area contributed by atoms with Gasteiger partial charge < -0.3 is 14.9 Å². The Kier molecular flexibility index (Phi) is 3.18. The molecule has 2 N–H and O–H groups in total. The third-order valence-electron chi connectivity index (χ3n) is 4.37. The normalized spacial score (nSPS) is 18.0. The van der Waals surface area contributed by atoms with Gasteiger partial charge in [-0.3, -0.25) is 4.79 Å². The van der Waals surface area contributed by atoms with Crippen LogP contribution in [0, 0.1) is 12.7 Å². The van der Waals surface area contributed by atoms with E-state index in [9.17, 15) is 9.18 Å². The van der Waals surface area contributed by atoms with Crippen LogP contribution in [-0.2, 0) is 0 Å². The summed E-state index contributed by atoms with van der Waals surface area (Å²) in [6, 6.07) is 6.15. The smallest absolute Gasteiger partial charge is 0.270 e. The van der Waals surface area contributed by atoms with Gasteiger partial charge in [0.25, 0.3) is 5.91 Å². The second kappa shape index (κ2) is 5.22. The summed E-state index contributed by atoms with van der Waals surface area (Å²) in [4.78, 5) is 25.4. The van der Waals surface area contributed by atoms with Crippen LogP contribution in [0.4, 0.5) is 4.39 Å². The molecule has 23 heavy (non-hydrogen) atoms. The molecule has 3 heterocycles. The summed E-state index contributed by atoms with van der Waals surface area (Å²) in [7, 11) is 0. The summed E-state index contributed by atoms with van der Waals surface area (Å²) in [5, 5.41) is 0.706. The van der Waals surface area contributed by atoms with Gasteiger partial charge in [-0.05, 0) is 44.0 Å². The molecule has 5 nitrogen and oxygen atoms in total. The largest absolute Gasteiger partial charge is 0.351 e. The number of aromatic amines is 2. The number of carbonyl (C=O) groups excluding carboxylic acids is 1. The SMILES string of the molecule is Cc1cnc(C2CCCN2C(=O)c2cc3cc(F)ccc3[nH]2)[nH]1. The van der Waals surface area contributed by atoms with Crippen LogP contribution in [-0.4, -0.2) is 32.3 Å². The Labute approximate surface area is 132 Å². The average molecular weight is 312 g/mol. The average Bonchev–Trinajstić information content (AvgIpc) is 3.23. The Morgan fingerprint density at radius 2 is 2.22 bits per heavy atom. The number of likely N-dealkylation sites (tertiary alicyclic amines) is 1. The molecule has 4 rings (SSSR count). The van der Waals surface area contributed by atoms with Crippen LogP contribution in [0.2, 0.25) is 0 Å². The number of nitrogens with one attached hydrogen (secondary N) is 2. The van der Waals surface area contributed by atoms with Crippen molar-refractivity contribution in [3.05, 3.63) is 53.5 Å². The van der Waals surface area contributed by atoms with Crippen molar-refractivity contribution >= 4 is 16.8 Å². The summed E-state index contributed by atoms with van der Waals surface area (Å²) >= 11 is 0. The molecule has 0 bridgehead atoms. The van der Waals surface area contributed by atoms with Crippen molar-refractivity contribution in [1.82, 2.24) is 19.9 Å². The second-order valence-corrected chi connectivity index (χ2v) is 6.02. The lowest BCUT2D eigenvalue weighted by atomic mass is 10.2. The van der Waals surface area contributed by atoms with Gasteiger partial charge in [-0.1, -0.05) is 0 Å². The molecule has 6 heteroatoms. The highest BCUT2D eigenvalue weighted by Crippen LogP contribution is 2.32. The van der Waals surface area contributed by atoms with E-state index in [1.165, 1.54) is 12.1 Å². The van der Waals surface area contributed by atoms with Crippen LogP contribution in [0.1, 0.15) is 40.9 Å². The highest BCUT2D eigenvalue weighted by molar-refractivity contribution is 5.98. The van der Waals surface area contributed by atoms with Gasteiger partial charge >= 0.3 is 0 Å². The second-order valence-electron chi connectivity index (χ2n) is 6.02. The molecule has 0 aliphatic carbocycles. The maximum atomic E-state index is 13.3. The highest BCUT2D eigenvalue weighted by Gasteiger charge is 2.33. The minimum atomic E-state index is -0.305. The van der Waals surface area contributed by atoms with E-state index in [1.807, 2.05) is 11.8 Å². The van der Waals surface area contributed by atoms with Gasteiger partial charge in [0.15, 0.2) is 0 Å². The quantitative estimate of drug-likeness (QED) is 0.762. The van der Waals surface area contributed by atoms with Crippen molar-refractivity contribution in [2.75, 3.05) is 6.54 Å². The highest BCUT2D eigenvalue weighted by atomic mass is 19.1. The lowest BCUT2D eigenvalue weighted by molar-refractivity contribution is 0.0725. The lowest BCUT2D eigenvalue weighted by Crippen LogP contribution is -2.31. The maximum absolute atomic E-state index is 13.3. The summed E-state index contributed by atoms with van der Waals surface area (Å²) in [5.74, 6) is 0.453. The standard InChI is InChI=1S/C17H17FN4O/c1-10-9-19-16(20-10)15-3-2-6-22(15)17(23)14-8-11-7-12(18)4-5-13(11)21-14/h4-5,7-9,15,21H,2-3,6H2,1H3,(H,19,20). The Morgan fingerprint density at radius 1 is 1.35 bits per heavy atom. The van der Waals surface area contributed by atoms with Gasteiger partial charge in [-0.2, -0.15) is 0 Å². The molecule has 1 fully saturated rings. The van der Waals surface area contributed by atoms with Crippen molar-refractivity contribution in [3.63, 3.8) is 0 Å².